The van der Waals surface area contributed by atoms with Gasteiger partial charge in [-0.05, 0) is 40.9 Å². The van der Waals surface area contributed by atoms with Gasteiger partial charge >= 0.3 is 0 Å². The highest BCUT2D eigenvalue weighted by Gasteiger charge is 2.26. The van der Waals surface area contributed by atoms with E-state index < -0.39 is 0 Å². The molecule has 2 heterocycles. The summed E-state index contributed by atoms with van der Waals surface area (Å²) in [6.07, 6.45) is 2.43. The van der Waals surface area contributed by atoms with E-state index >= 15 is 0 Å². The average molecular weight is 311 g/mol. The van der Waals surface area contributed by atoms with Crippen LogP contribution in [0.4, 0.5) is 5.82 Å². The van der Waals surface area contributed by atoms with E-state index in [9.17, 15) is 0 Å². The molecular weight excluding hydrogens is 300 g/mol. The summed E-state index contributed by atoms with van der Waals surface area (Å²) in [5, 5.41) is 0. The molecule has 17 heavy (non-hydrogen) atoms. The molecule has 2 aromatic rings. The SMILES string of the molecule is NNc1cc(C2CC2)nc(-c2ccc(Br)s2)n1. The summed E-state index contributed by atoms with van der Waals surface area (Å²) in [7, 11) is 0. The Balaban J connectivity index is 2.05. The Morgan fingerprint density at radius 1 is 1.35 bits per heavy atom. The minimum atomic E-state index is 0.590. The fraction of sp³-hybridized carbons (Fsp3) is 0.273. The fourth-order valence-corrected chi connectivity index (χ4v) is 2.99. The third kappa shape index (κ3) is 2.34. The maximum absolute atomic E-state index is 5.45. The highest BCUT2D eigenvalue weighted by atomic mass is 79.9. The number of nitrogens with zero attached hydrogens (tertiary/aromatic N) is 2. The van der Waals surface area contributed by atoms with E-state index in [1.54, 1.807) is 11.3 Å². The van der Waals surface area contributed by atoms with Gasteiger partial charge in [-0.25, -0.2) is 15.8 Å². The zero-order chi connectivity index (χ0) is 11.8. The number of anilines is 1. The molecule has 3 rings (SSSR count). The molecule has 0 atom stereocenters. The molecule has 0 spiro atoms. The fourth-order valence-electron chi connectivity index (χ4n) is 1.67. The summed E-state index contributed by atoms with van der Waals surface area (Å²) in [5.74, 6) is 7.47. The van der Waals surface area contributed by atoms with E-state index in [0.717, 1.165) is 20.2 Å². The molecule has 3 N–H and O–H groups in total. The van der Waals surface area contributed by atoms with Crippen LogP contribution in [0.1, 0.15) is 24.5 Å². The van der Waals surface area contributed by atoms with Gasteiger partial charge in [-0.1, -0.05) is 0 Å². The highest BCUT2D eigenvalue weighted by Crippen LogP contribution is 2.40. The molecule has 0 aliphatic heterocycles. The van der Waals surface area contributed by atoms with E-state index in [1.807, 2.05) is 18.2 Å². The van der Waals surface area contributed by atoms with Crippen LogP contribution in [0, 0.1) is 0 Å². The Morgan fingerprint density at radius 2 is 2.18 bits per heavy atom. The topological polar surface area (TPSA) is 63.8 Å². The number of nitrogens with one attached hydrogen (secondary N) is 1. The maximum atomic E-state index is 5.45. The summed E-state index contributed by atoms with van der Waals surface area (Å²) in [6, 6.07) is 5.95. The second kappa shape index (κ2) is 4.36. The third-order valence-corrected chi connectivity index (χ3v) is 4.30. The van der Waals surface area contributed by atoms with Crippen molar-refractivity contribution in [2.75, 3.05) is 5.43 Å². The molecule has 1 saturated carbocycles. The van der Waals surface area contributed by atoms with Crippen LogP contribution in [-0.4, -0.2) is 9.97 Å². The van der Waals surface area contributed by atoms with Gasteiger partial charge < -0.3 is 5.43 Å². The first-order valence-electron chi connectivity index (χ1n) is 5.37. The molecule has 6 heteroatoms. The normalized spacial score (nSPS) is 14.9. The Bertz CT molecular complexity index is 550. The van der Waals surface area contributed by atoms with E-state index in [2.05, 4.69) is 31.3 Å². The van der Waals surface area contributed by atoms with Crippen LogP contribution in [0.15, 0.2) is 22.0 Å². The summed E-state index contributed by atoms with van der Waals surface area (Å²) >= 11 is 5.07. The van der Waals surface area contributed by atoms with Gasteiger partial charge in [0.05, 0.1) is 8.66 Å². The van der Waals surface area contributed by atoms with Gasteiger partial charge in [0.15, 0.2) is 5.82 Å². The summed E-state index contributed by atoms with van der Waals surface area (Å²) in [6.45, 7) is 0. The van der Waals surface area contributed by atoms with Crippen molar-refractivity contribution in [2.45, 2.75) is 18.8 Å². The second-order valence-electron chi connectivity index (χ2n) is 4.02. The van der Waals surface area contributed by atoms with E-state index in [-0.39, 0.29) is 0 Å². The van der Waals surface area contributed by atoms with Crippen molar-refractivity contribution in [3.63, 3.8) is 0 Å². The van der Waals surface area contributed by atoms with Crippen molar-refractivity contribution in [1.29, 1.82) is 0 Å². The largest absolute Gasteiger partial charge is 0.308 e. The minimum Gasteiger partial charge on any atom is -0.308 e. The molecule has 0 unspecified atom stereocenters. The molecule has 0 bridgehead atoms. The number of nitrogen functional groups attached to an aromatic ring is 1. The van der Waals surface area contributed by atoms with Gasteiger partial charge in [-0.2, -0.15) is 0 Å². The first kappa shape index (κ1) is 11.1. The van der Waals surface area contributed by atoms with Gasteiger partial charge in [-0.3, -0.25) is 0 Å². The monoisotopic (exact) mass is 310 g/mol. The van der Waals surface area contributed by atoms with Crippen molar-refractivity contribution in [3.05, 3.63) is 27.7 Å². The molecule has 88 valence electrons. The summed E-state index contributed by atoms with van der Waals surface area (Å²) < 4.78 is 1.08. The van der Waals surface area contributed by atoms with Gasteiger partial charge in [-0.15, -0.1) is 11.3 Å². The number of thiophene rings is 1. The Kier molecular flexibility index (Phi) is 2.85. The maximum Gasteiger partial charge on any atom is 0.171 e. The Hall–Kier alpha value is -0.980. The van der Waals surface area contributed by atoms with E-state index in [0.29, 0.717) is 11.7 Å². The first-order valence-corrected chi connectivity index (χ1v) is 6.98. The van der Waals surface area contributed by atoms with Crippen molar-refractivity contribution in [1.82, 2.24) is 9.97 Å². The number of hydrogen-bond acceptors (Lipinski definition) is 5. The molecule has 1 fully saturated rings. The number of rotatable bonds is 3. The molecule has 1 aliphatic rings. The lowest BCUT2D eigenvalue weighted by molar-refractivity contribution is 0.993. The van der Waals surface area contributed by atoms with E-state index in [1.165, 1.54) is 12.8 Å². The Labute approximate surface area is 111 Å². The standard InChI is InChI=1S/C11H11BrN4S/c12-9-4-3-8(17-9)11-14-7(6-1-2-6)5-10(15-11)16-13/h3-6H,1-2,13H2,(H,14,15,16). The van der Waals surface area contributed by atoms with E-state index in [4.69, 9.17) is 5.84 Å². The molecule has 4 nitrogen and oxygen atoms in total. The van der Waals surface area contributed by atoms with Crippen LogP contribution in [-0.2, 0) is 0 Å². The van der Waals surface area contributed by atoms with Gasteiger partial charge in [0.2, 0.25) is 0 Å². The van der Waals surface area contributed by atoms with Crippen LogP contribution in [0.3, 0.4) is 0 Å². The lowest BCUT2D eigenvalue weighted by atomic mass is 10.2. The van der Waals surface area contributed by atoms with Gasteiger partial charge in [0, 0.05) is 17.7 Å². The molecule has 2 aromatic heterocycles. The number of hydrazine groups is 1. The van der Waals surface area contributed by atoms with Gasteiger partial charge in [0.25, 0.3) is 0 Å². The van der Waals surface area contributed by atoms with Gasteiger partial charge in [0.1, 0.15) is 5.82 Å². The van der Waals surface area contributed by atoms with Crippen LogP contribution in [0.2, 0.25) is 0 Å². The number of hydrogen-bond donors (Lipinski definition) is 2. The minimum absolute atomic E-state index is 0.590. The second-order valence-corrected chi connectivity index (χ2v) is 6.49. The lowest BCUT2D eigenvalue weighted by Crippen LogP contribution is -2.10. The predicted molar refractivity (Wildman–Crippen MR) is 72.8 cm³/mol. The number of nitrogens with two attached hydrogens (primary N) is 1. The number of aromatic nitrogens is 2. The highest BCUT2D eigenvalue weighted by molar-refractivity contribution is 9.11. The molecule has 0 aromatic carbocycles. The van der Waals surface area contributed by atoms with Crippen molar-refractivity contribution in [3.8, 4) is 10.7 Å². The summed E-state index contributed by atoms with van der Waals surface area (Å²) in [5.41, 5.74) is 3.70. The predicted octanol–water partition coefficient (Wildman–Crippen LogP) is 3.13. The van der Waals surface area contributed by atoms with Crippen molar-refractivity contribution < 1.29 is 0 Å². The van der Waals surface area contributed by atoms with Crippen molar-refractivity contribution >= 4 is 33.1 Å². The van der Waals surface area contributed by atoms with Crippen LogP contribution in [0.5, 0.6) is 0 Å². The summed E-state index contributed by atoms with van der Waals surface area (Å²) in [4.78, 5) is 10.0. The zero-order valence-electron chi connectivity index (χ0n) is 8.98. The Morgan fingerprint density at radius 3 is 2.76 bits per heavy atom. The first-order chi connectivity index (χ1) is 8.26. The third-order valence-electron chi connectivity index (χ3n) is 2.68. The van der Waals surface area contributed by atoms with Crippen LogP contribution < -0.4 is 11.3 Å². The van der Waals surface area contributed by atoms with Crippen LogP contribution >= 0.6 is 27.3 Å². The molecule has 0 amide bonds. The lowest BCUT2D eigenvalue weighted by Gasteiger charge is -2.05. The van der Waals surface area contributed by atoms with Crippen LogP contribution in [0.25, 0.3) is 10.7 Å². The quantitative estimate of drug-likeness (QED) is 0.675. The number of halogens is 1. The molecule has 1 aliphatic carbocycles. The average Bonchev–Trinajstić information content (AvgIpc) is 3.11. The zero-order valence-corrected chi connectivity index (χ0v) is 11.4. The molecule has 0 radical (unpaired) electrons. The molecule has 0 saturated heterocycles. The molecular formula is C11H11BrN4S. The van der Waals surface area contributed by atoms with Crippen molar-refractivity contribution in [2.24, 2.45) is 5.84 Å². The smallest absolute Gasteiger partial charge is 0.171 e.